The van der Waals surface area contributed by atoms with E-state index in [1.54, 1.807) is 0 Å². The molecule has 0 aliphatic rings. The van der Waals surface area contributed by atoms with Gasteiger partial charge < -0.3 is 9.84 Å². The fourth-order valence-corrected chi connectivity index (χ4v) is 0.930. The summed E-state index contributed by atoms with van der Waals surface area (Å²) in [7, 11) is 0. The Kier molecular flexibility index (Phi) is 3.55. The lowest BCUT2D eigenvalue weighted by Gasteiger charge is -2.06. The summed E-state index contributed by atoms with van der Waals surface area (Å²) in [4.78, 5) is 0. The summed E-state index contributed by atoms with van der Waals surface area (Å²) in [6.45, 7) is 2.54. The Morgan fingerprint density at radius 2 is 2.23 bits per heavy atom. The molecule has 0 heterocycles. The molecule has 1 rings (SSSR count). The first-order valence-corrected chi connectivity index (χ1v) is 4.35. The number of aromatic hydroxyl groups is 1. The van der Waals surface area contributed by atoms with Crippen LogP contribution in [0.5, 0.6) is 11.5 Å². The van der Waals surface area contributed by atoms with Crippen molar-refractivity contribution in [3.05, 3.63) is 24.0 Å². The third kappa shape index (κ3) is 2.93. The van der Waals surface area contributed by atoms with Crippen molar-refractivity contribution in [1.82, 2.24) is 0 Å². The number of phenolic OH excluding ortho intramolecular Hbond substituents is 1. The molecule has 0 aliphatic carbocycles. The maximum atomic E-state index is 12.7. The molecular weight excluding hydrogens is 171 g/mol. The molecule has 0 fully saturated rings. The minimum atomic E-state index is -0.399. The normalized spacial score (nSPS) is 10.0. The summed E-state index contributed by atoms with van der Waals surface area (Å²) >= 11 is 0. The van der Waals surface area contributed by atoms with Crippen LogP contribution >= 0.6 is 0 Å². The molecule has 0 saturated carbocycles. The molecule has 13 heavy (non-hydrogen) atoms. The second-order valence-electron chi connectivity index (χ2n) is 2.81. The van der Waals surface area contributed by atoms with E-state index in [0.29, 0.717) is 6.61 Å². The van der Waals surface area contributed by atoms with Gasteiger partial charge in [0, 0.05) is 6.07 Å². The van der Waals surface area contributed by atoms with Gasteiger partial charge in [-0.05, 0) is 18.6 Å². The quantitative estimate of drug-likeness (QED) is 0.729. The molecule has 1 aromatic rings. The third-order valence-electron chi connectivity index (χ3n) is 1.68. The van der Waals surface area contributed by atoms with Crippen molar-refractivity contribution in [2.75, 3.05) is 6.61 Å². The van der Waals surface area contributed by atoms with E-state index in [-0.39, 0.29) is 11.5 Å². The molecule has 3 heteroatoms. The van der Waals surface area contributed by atoms with Gasteiger partial charge in [-0.1, -0.05) is 13.3 Å². The van der Waals surface area contributed by atoms with Gasteiger partial charge >= 0.3 is 0 Å². The van der Waals surface area contributed by atoms with Gasteiger partial charge in [0.25, 0.3) is 0 Å². The first kappa shape index (κ1) is 9.84. The van der Waals surface area contributed by atoms with E-state index in [4.69, 9.17) is 4.74 Å². The second-order valence-corrected chi connectivity index (χ2v) is 2.81. The number of hydrogen-bond acceptors (Lipinski definition) is 2. The summed E-state index contributed by atoms with van der Waals surface area (Å²) < 4.78 is 17.8. The van der Waals surface area contributed by atoms with Crippen LogP contribution < -0.4 is 4.74 Å². The van der Waals surface area contributed by atoms with Crippen molar-refractivity contribution in [3.8, 4) is 11.5 Å². The van der Waals surface area contributed by atoms with Crippen molar-refractivity contribution in [2.24, 2.45) is 0 Å². The Labute approximate surface area is 77.0 Å². The zero-order valence-corrected chi connectivity index (χ0v) is 7.59. The Hall–Kier alpha value is -1.25. The maximum absolute atomic E-state index is 12.7. The van der Waals surface area contributed by atoms with Crippen LogP contribution in [0.2, 0.25) is 0 Å². The number of phenols is 1. The van der Waals surface area contributed by atoms with Crippen LogP contribution in [0.1, 0.15) is 19.8 Å². The molecule has 0 atom stereocenters. The summed E-state index contributed by atoms with van der Waals surface area (Å²) in [6.07, 6.45) is 1.91. The van der Waals surface area contributed by atoms with Gasteiger partial charge in [0.1, 0.15) is 5.82 Å². The second kappa shape index (κ2) is 4.70. The standard InChI is InChI=1S/C10H13FO2/c1-2-3-6-13-10-7-8(11)4-5-9(10)12/h4-5,7,12H,2-3,6H2,1H3. The molecule has 2 nitrogen and oxygen atoms in total. The molecule has 0 aromatic heterocycles. The van der Waals surface area contributed by atoms with E-state index in [1.165, 1.54) is 18.2 Å². The fourth-order valence-electron chi connectivity index (χ4n) is 0.930. The lowest BCUT2D eigenvalue weighted by Crippen LogP contribution is -1.96. The smallest absolute Gasteiger partial charge is 0.163 e. The van der Waals surface area contributed by atoms with Crippen LogP contribution in [-0.2, 0) is 0 Å². The number of hydrogen-bond donors (Lipinski definition) is 1. The zero-order chi connectivity index (χ0) is 9.68. The van der Waals surface area contributed by atoms with E-state index >= 15 is 0 Å². The zero-order valence-electron chi connectivity index (χ0n) is 7.59. The Balaban J connectivity index is 2.59. The molecule has 1 aromatic carbocycles. The largest absolute Gasteiger partial charge is 0.504 e. The molecule has 0 bridgehead atoms. The highest BCUT2D eigenvalue weighted by Gasteiger charge is 2.02. The Morgan fingerprint density at radius 3 is 2.92 bits per heavy atom. The van der Waals surface area contributed by atoms with Gasteiger partial charge in [-0.3, -0.25) is 0 Å². The van der Waals surface area contributed by atoms with Crippen LogP contribution in [0.25, 0.3) is 0 Å². The first-order chi connectivity index (χ1) is 6.24. The predicted octanol–water partition coefficient (Wildman–Crippen LogP) is 2.71. The summed E-state index contributed by atoms with van der Waals surface area (Å²) in [5.74, 6) is -0.199. The van der Waals surface area contributed by atoms with Gasteiger partial charge in [-0.15, -0.1) is 0 Å². The number of benzene rings is 1. The first-order valence-electron chi connectivity index (χ1n) is 4.35. The fraction of sp³-hybridized carbons (Fsp3) is 0.400. The molecule has 72 valence electrons. The predicted molar refractivity (Wildman–Crippen MR) is 48.5 cm³/mol. The highest BCUT2D eigenvalue weighted by Crippen LogP contribution is 2.26. The van der Waals surface area contributed by atoms with E-state index < -0.39 is 5.82 Å². The van der Waals surface area contributed by atoms with E-state index in [2.05, 4.69) is 0 Å². The number of halogens is 1. The SMILES string of the molecule is CCCCOc1cc(F)ccc1O. The summed E-state index contributed by atoms with van der Waals surface area (Å²) in [6, 6.07) is 3.67. The molecule has 0 amide bonds. The van der Waals surface area contributed by atoms with E-state index in [0.717, 1.165) is 12.8 Å². The highest BCUT2D eigenvalue weighted by atomic mass is 19.1. The van der Waals surface area contributed by atoms with Crippen molar-refractivity contribution in [3.63, 3.8) is 0 Å². The van der Waals surface area contributed by atoms with Crippen LogP contribution in [-0.4, -0.2) is 11.7 Å². The Bertz CT molecular complexity index is 274. The average molecular weight is 184 g/mol. The van der Waals surface area contributed by atoms with Crippen LogP contribution in [0.3, 0.4) is 0 Å². The van der Waals surface area contributed by atoms with Crippen LogP contribution in [0.15, 0.2) is 18.2 Å². The van der Waals surface area contributed by atoms with Crippen molar-refractivity contribution in [2.45, 2.75) is 19.8 Å². The molecule has 0 aliphatic heterocycles. The molecule has 0 spiro atoms. The number of unbranched alkanes of at least 4 members (excludes halogenated alkanes) is 1. The van der Waals surface area contributed by atoms with E-state index in [1.807, 2.05) is 6.92 Å². The lowest BCUT2D eigenvalue weighted by molar-refractivity contribution is 0.291. The van der Waals surface area contributed by atoms with Crippen LogP contribution in [0, 0.1) is 5.82 Å². The molecule has 0 radical (unpaired) electrons. The highest BCUT2D eigenvalue weighted by molar-refractivity contribution is 5.38. The Morgan fingerprint density at radius 1 is 1.46 bits per heavy atom. The maximum Gasteiger partial charge on any atom is 0.163 e. The van der Waals surface area contributed by atoms with Crippen molar-refractivity contribution in [1.29, 1.82) is 0 Å². The minimum Gasteiger partial charge on any atom is -0.504 e. The minimum absolute atomic E-state index is 0.0162. The summed E-state index contributed by atoms with van der Waals surface area (Å²) in [5.41, 5.74) is 0. The molecular formula is C10H13FO2. The summed E-state index contributed by atoms with van der Waals surface area (Å²) in [5, 5.41) is 9.24. The molecule has 0 unspecified atom stereocenters. The van der Waals surface area contributed by atoms with Crippen molar-refractivity contribution < 1.29 is 14.2 Å². The number of rotatable bonds is 4. The van der Waals surface area contributed by atoms with E-state index in [9.17, 15) is 9.50 Å². The van der Waals surface area contributed by atoms with Gasteiger partial charge in [-0.2, -0.15) is 0 Å². The van der Waals surface area contributed by atoms with Gasteiger partial charge in [0.15, 0.2) is 11.5 Å². The van der Waals surface area contributed by atoms with Gasteiger partial charge in [-0.25, -0.2) is 4.39 Å². The van der Waals surface area contributed by atoms with Crippen molar-refractivity contribution >= 4 is 0 Å². The third-order valence-corrected chi connectivity index (χ3v) is 1.68. The monoisotopic (exact) mass is 184 g/mol. The molecule has 1 N–H and O–H groups in total. The number of ether oxygens (including phenoxy) is 1. The van der Waals surface area contributed by atoms with Crippen LogP contribution in [0.4, 0.5) is 4.39 Å². The molecule has 0 saturated heterocycles. The average Bonchev–Trinajstić information content (AvgIpc) is 2.11. The topological polar surface area (TPSA) is 29.5 Å². The van der Waals surface area contributed by atoms with Gasteiger partial charge in [0.2, 0.25) is 0 Å². The lowest BCUT2D eigenvalue weighted by atomic mass is 10.3. The van der Waals surface area contributed by atoms with Gasteiger partial charge in [0.05, 0.1) is 6.61 Å².